The van der Waals surface area contributed by atoms with Crippen LogP contribution in [-0.4, -0.2) is 21.1 Å². The molecule has 0 bridgehead atoms. The Bertz CT molecular complexity index is 478. The molecule has 82 valence electrons. The molecule has 0 aromatic carbocycles. The topological polar surface area (TPSA) is 70.7 Å². The smallest absolute Gasteiger partial charge is 0.255 e. The van der Waals surface area contributed by atoms with Crippen molar-refractivity contribution < 1.29 is 4.79 Å². The third-order valence-corrected chi connectivity index (χ3v) is 2.28. The van der Waals surface area contributed by atoms with E-state index in [0.717, 1.165) is 11.3 Å². The Morgan fingerprint density at radius 3 is 2.81 bits per heavy atom. The first kappa shape index (κ1) is 10.4. The van der Waals surface area contributed by atoms with Crippen molar-refractivity contribution >= 4 is 5.91 Å². The third-order valence-electron chi connectivity index (χ3n) is 2.28. The highest BCUT2D eigenvalue weighted by Gasteiger charge is 2.09. The van der Waals surface area contributed by atoms with E-state index >= 15 is 0 Å². The molecular weight excluding hydrogens is 204 g/mol. The average Bonchev–Trinajstić information content (AvgIpc) is 2.74. The van der Waals surface area contributed by atoms with Gasteiger partial charge in [0.1, 0.15) is 0 Å². The monoisotopic (exact) mass is 216 g/mol. The lowest BCUT2D eigenvalue weighted by Crippen LogP contribution is -2.23. The number of nitrogens with zero attached hydrogens (tertiary/aromatic N) is 2. The molecule has 0 radical (unpaired) electrons. The minimum absolute atomic E-state index is 0.122. The molecule has 0 aliphatic heterocycles. The number of aromatic nitrogens is 3. The van der Waals surface area contributed by atoms with E-state index in [-0.39, 0.29) is 5.91 Å². The van der Waals surface area contributed by atoms with Crippen molar-refractivity contribution in [2.45, 2.75) is 13.5 Å². The van der Waals surface area contributed by atoms with Gasteiger partial charge in [0.2, 0.25) is 0 Å². The molecule has 2 rings (SSSR count). The number of aromatic amines is 1. The van der Waals surface area contributed by atoms with Gasteiger partial charge in [0, 0.05) is 24.6 Å². The van der Waals surface area contributed by atoms with Gasteiger partial charge in [0.05, 0.1) is 11.8 Å². The largest absolute Gasteiger partial charge is 0.348 e. The highest BCUT2D eigenvalue weighted by Crippen LogP contribution is 2.03. The average molecular weight is 216 g/mol. The van der Waals surface area contributed by atoms with E-state index in [9.17, 15) is 4.79 Å². The fourth-order valence-corrected chi connectivity index (χ4v) is 1.36. The number of aryl methyl sites for hydroxylation is 1. The van der Waals surface area contributed by atoms with Gasteiger partial charge in [-0.25, -0.2) is 0 Å². The highest BCUT2D eigenvalue weighted by atomic mass is 16.1. The number of amides is 1. The first-order valence-electron chi connectivity index (χ1n) is 4.94. The molecule has 0 aliphatic rings. The van der Waals surface area contributed by atoms with Crippen molar-refractivity contribution in [2.24, 2.45) is 0 Å². The number of rotatable bonds is 3. The number of nitrogens with one attached hydrogen (secondary N) is 2. The minimum Gasteiger partial charge on any atom is -0.348 e. The normalized spacial score (nSPS) is 10.1. The first-order valence-corrected chi connectivity index (χ1v) is 4.94. The molecule has 0 saturated heterocycles. The lowest BCUT2D eigenvalue weighted by Gasteiger charge is -2.03. The summed E-state index contributed by atoms with van der Waals surface area (Å²) < 4.78 is 0. The molecule has 5 nitrogen and oxygen atoms in total. The maximum Gasteiger partial charge on any atom is 0.255 e. The summed E-state index contributed by atoms with van der Waals surface area (Å²) in [6, 6.07) is 3.73. The molecule has 2 aromatic heterocycles. The zero-order valence-corrected chi connectivity index (χ0v) is 8.90. The molecule has 1 amide bonds. The summed E-state index contributed by atoms with van der Waals surface area (Å²) in [6.45, 7) is 2.31. The van der Waals surface area contributed by atoms with E-state index in [2.05, 4.69) is 20.5 Å². The molecule has 2 N–H and O–H groups in total. The van der Waals surface area contributed by atoms with Crippen molar-refractivity contribution in [3.63, 3.8) is 0 Å². The molecule has 0 aliphatic carbocycles. The number of pyridine rings is 1. The molecule has 0 spiro atoms. The lowest BCUT2D eigenvalue weighted by atomic mass is 10.2. The van der Waals surface area contributed by atoms with Gasteiger partial charge in [0.15, 0.2) is 0 Å². The maximum atomic E-state index is 11.7. The first-order chi connectivity index (χ1) is 7.77. The second-order valence-corrected chi connectivity index (χ2v) is 3.45. The summed E-state index contributed by atoms with van der Waals surface area (Å²) in [6.07, 6.45) is 4.92. The van der Waals surface area contributed by atoms with Gasteiger partial charge < -0.3 is 5.32 Å². The van der Waals surface area contributed by atoms with Crippen LogP contribution < -0.4 is 5.32 Å². The van der Waals surface area contributed by atoms with Crippen LogP contribution in [0.4, 0.5) is 0 Å². The van der Waals surface area contributed by atoms with Crippen molar-refractivity contribution in [1.82, 2.24) is 20.5 Å². The molecule has 0 atom stereocenters. The quantitative estimate of drug-likeness (QED) is 0.805. The number of carbonyl (C=O) groups is 1. The molecule has 2 aromatic rings. The van der Waals surface area contributed by atoms with Crippen molar-refractivity contribution in [3.05, 3.63) is 47.5 Å². The van der Waals surface area contributed by atoms with Crippen LogP contribution in [0, 0.1) is 6.92 Å². The zero-order chi connectivity index (χ0) is 11.4. The summed E-state index contributed by atoms with van der Waals surface area (Å²) in [5, 5.41) is 9.34. The summed E-state index contributed by atoms with van der Waals surface area (Å²) >= 11 is 0. The standard InChI is InChI=1S/C11H12N4O/c1-8-10(7-14-15-8)11(16)13-6-9-2-4-12-5-3-9/h2-5,7H,6H2,1H3,(H,13,16)(H,14,15). The van der Waals surface area contributed by atoms with E-state index in [1.54, 1.807) is 12.4 Å². The summed E-state index contributed by atoms with van der Waals surface area (Å²) in [4.78, 5) is 15.6. The number of hydrogen-bond acceptors (Lipinski definition) is 3. The fourth-order valence-electron chi connectivity index (χ4n) is 1.36. The molecule has 5 heteroatoms. The van der Waals surface area contributed by atoms with Crippen LogP contribution >= 0.6 is 0 Å². The van der Waals surface area contributed by atoms with Gasteiger partial charge in [0.25, 0.3) is 5.91 Å². The van der Waals surface area contributed by atoms with Gasteiger partial charge >= 0.3 is 0 Å². The van der Waals surface area contributed by atoms with Crippen LogP contribution in [0.1, 0.15) is 21.6 Å². The van der Waals surface area contributed by atoms with Crippen LogP contribution in [0.15, 0.2) is 30.7 Å². The highest BCUT2D eigenvalue weighted by molar-refractivity contribution is 5.94. The van der Waals surface area contributed by atoms with E-state index in [0.29, 0.717) is 12.1 Å². The number of carbonyl (C=O) groups excluding carboxylic acids is 1. The van der Waals surface area contributed by atoms with E-state index in [4.69, 9.17) is 0 Å². The van der Waals surface area contributed by atoms with Gasteiger partial charge in [-0.05, 0) is 24.6 Å². The van der Waals surface area contributed by atoms with Crippen LogP contribution in [-0.2, 0) is 6.54 Å². The molecule has 2 heterocycles. The molecule has 0 unspecified atom stereocenters. The van der Waals surface area contributed by atoms with Crippen LogP contribution in [0.25, 0.3) is 0 Å². The Morgan fingerprint density at radius 1 is 1.44 bits per heavy atom. The van der Waals surface area contributed by atoms with Gasteiger partial charge in [-0.1, -0.05) is 0 Å². The van der Waals surface area contributed by atoms with E-state index in [1.165, 1.54) is 6.20 Å². The summed E-state index contributed by atoms with van der Waals surface area (Å²) in [5.74, 6) is -0.122. The van der Waals surface area contributed by atoms with Gasteiger partial charge in [-0.2, -0.15) is 5.10 Å². The lowest BCUT2D eigenvalue weighted by molar-refractivity contribution is 0.0950. The Hall–Kier alpha value is -2.17. The number of H-pyrrole nitrogens is 1. The third kappa shape index (κ3) is 2.25. The number of hydrogen-bond donors (Lipinski definition) is 2. The Balaban J connectivity index is 1.97. The van der Waals surface area contributed by atoms with E-state index < -0.39 is 0 Å². The van der Waals surface area contributed by atoms with Crippen LogP contribution in [0.2, 0.25) is 0 Å². The fraction of sp³-hybridized carbons (Fsp3) is 0.182. The van der Waals surface area contributed by atoms with Gasteiger partial charge in [-0.3, -0.25) is 14.9 Å². The van der Waals surface area contributed by atoms with Gasteiger partial charge in [-0.15, -0.1) is 0 Å². The van der Waals surface area contributed by atoms with Crippen LogP contribution in [0.3, 0.4) is 0 Å². The minimum atomic E-state index is -0.122. The summed E-state index contributed by atoms with van der Waals surface area (Å²) in [7, 11) is 0. The predicted octanol–water partition coefficient (Wildman–Crippen LogP) is 1.04. The van der Waals surface area contributed by atoms with Crippen LogP contribution in [0.5, 0.6) is 0 Å². The second kappa shape index (κ2) is 4.57. The zero-order valence-electron chi connectivity index (χ0n) is 8.90. The Kier molecular flexibility index (Phi) is 2.95. The molecule has 0 fully saturated rings. The van der Waals surface area contributed by atoms with Crippen molar-refractivity contribution in [3.8, 4) is 0 Å². The second-order valence-electron chi connectivity index (χ2n) is 3.45. The molecule has 16 heavy (non-hydrogen) atoms. The Morgan fingerprint density at radius 2 is 2.19 bits per heavy atom. The summed E-state index contributed by atoms with van der Waals surface area (Å²) in [5.41, 5.74) is 2.37. The maximum absolute atomic E-state index is 11.7. The van der Waals surface area contributed by atoms with Crippen molar-refractivity contribution in [1.29, 1.82) is 0 Å². The molecular formula is C11H12N4O. The van der Waals surface area contributed by atoms with E-state index in [1.807, 2.05) is 19.1 Å². The van der Waals surface area contributed by atoms with Crippen molar-refractivity contribution in [2.75, 3.05) is 0 Å². The predicted molar refractivity (Wildman–Crippen MR) is 58.7 cm³/mol. The molecule has 0 saturated carbocycles. The SMILES string of the molecule is Cc1[nH]ncc1C(=O)NCc1ccncc1. The Labute approximate surface area is 92.9 Å².